The molecule has 37 heavy (non-hydrogen) atoms. The maximum atomic E-state index is 14.7. The SMILES string of the molecule is CC1(c2c(F)cccc2Cl)CC(C(=O)Nc2ccc(C#N)c(C(F)(F)F)c2)(C2=C(c3ccccc3)C2)O1. The van der Waals surface area contributed by atoms with E-state index in [-0.39, 0.29) is 22.7 Å². The first kappa shape index (κ1) is 25.0. The zero-order valence-corrected chi connectivity index (χ0v) is 20.2. The molecule has 1 heterocycles. The number of rotatable bonds is 5. The predicted molar refractivity (Wildman–Crippen MR) is 130 cm³/mol. The number of benzene rings is 3. The van der Waals surface area contributed by atoms with Crippen molar-refractivity contribution < 1.29 is 27.1 Å². The van der Waals surface area contributed by atoms with E-state index in [4.69, 9.17) is 21.6 Å². The molecule has 0 spiro atoms. The third-order valence-corrected chi connectivity index (χ3v) is 7.06. The van der Waals surface area contributed by atoms with Crippen molar-refractivity contribution in [2.24, 2.45) is 0 Å². The third-order valence-electron chi connectivity index (χ3n) is 6.75. The standard InChI is InChI=1S/C28H19ClF4N2O2/c1-26(24-22(29)8-5-9-23(24)30)15-27(37-26,21-13-19(21)16-6-3-2-4-7-16)25(36)35-18-11-10-17(14-34)20(12-18)28(31,32)33/h2-12H,13,15H2,1H3,(H,35,36). The largest absolute Gasteiger partial charge is 0.417 e. The summed E-state index contributed by atoms with van der Waals surface area (Å²) in [7, 11) is 0. The van der Waals surface area contributed by atoms with Gasteiger partial charge in [-0.05, 0) is 60.4 Å². The number of hydrogen-bond acceptors (Lipinski definition) is 3. The second-order valence-electron chi connectivity index (χ2n) is 9.26. The van der Waals surface area contributed by atoms with Gasteiger partial charge in [-0.15, -0.1) is 0 Å². The summed E-state index contributed by atoms with van der Waals surface area (Å²) < 4.78 is 61.4. The van der Waals surface area contributed by atoms with E-state index in [0.29, 0.717) is 12.0 Å². The van der Waals surface area contributed by atoms with Gasteiger partial charge in [0.2, 0.25) is 0 Å². The molecule has 1 aliphatic heterocycles. The van der Waals surface area contributed by atoms with E-state index in [0.717, 1.165) is 23.3 Å². The quantitative estimate of drug-likeness (QED) is 0.356. The molecule has 2 aliphatic rings. The highest BCUT2D eigenvalue weighted by Crippen LogP contribution is 2.61. The zero-order valence-electron chi connectivity index (χ0n) is 19.4. The van der Waals surface area contributed by atoms with Gasteiger partial charge in [0.25, 0.3) is 5.91 Å². The Hall–Kier alpha value is -3.67. The zero-order chi connectivity index (χ0) is 26.6. The lowest BCUT2D eigenvalue weighted by Crippen LogP contribution is -2.62. The highest BCUT2D eigenvalue weighted by Gasteiger charge is 2.64. The van der Waals surface area contributed by atoms with Gasteiger partial charge in [-0.3, -0.25) is 4.79 Å². The van der Waals surface area contributed by atoms with Crippen LogP contribution in [0.2, 0.25) is 5.02 Å². The molecule has 1 saturated heterocycles. The number of halogens is 5. The number of anilines is 1. The van der Waals surface area contributed by atoms with Gasteiger partial charge in [0, 0.05) is 22.7 Å². The van der Waals surface area contributed by atoms with Crippen molar-refractivity contribution in [2.75, 3.05) is 5.32 Å². The number of alkyl halides is 3. The van der Waals surface area contributed by atoms with Crippen LogP contribution in [0.1, 0.15) is 42.0 Å². The molecule has 1 aliphatic carbocycles. The molecule has 2 atom stereocenters. The Morgan fingerprint density at radius 2 is 1.81 bits per heavy atom. The van der Waals surface area contributed by atoms with E-state index in [2.05, 4.69) is 5.32 Å². The van der Waals surface area contributed by atoms with Gasteiger partial charge in [-0.25, -0.2) is 4.39 Å². The Kier molecular flexibility index (Phi) is 5.89. The minimum atomic E-state index is -4.78. The monoisotopic (exact) mass is 526 g/mol. The molecule has 9 heteroatoms. The number of amides is 1. The van der Waals surface area contributed by atoms with Crippen molar-refractivity contribution in [3.63, 3.8) is 0 Å². The molecular weight excluding hydrogens is 508 g/mol. The Morgan fingerprint density at radius 3 is 2.43 bits per heavy atom. The molecule has 1 fully saturated rings. The van der Waals surface area contributed by atoms with Crippen LogP contribution in [0.5, 0.6) is 0 Å². The van der Waals surface area contributed by atoms with Gasteiger partial charge in [0.1, 0.15) is 11.4 Å². The smallest absolute Gasteiger partial charge is 0.349 e. The first-order chi connectivity index (χ1) is 17.5. The summed E-state index contributed by atoms with van der Waals surface area (Å²) in [5.41, 5.74) is -2.06. The van der Waals surface area contributed by atoms with Crippen LogP contribution in [0.3, 0.4) is 0 Å². The molecule has 0 saturated carbocycles. The summed E-state index contributed by atoms with van der Waals surface area (Å²) >= 11 is 6.27. The maximum absolute atomic E-state index is 14.7. The van der Waals surface area contributed by atoms with E-state index in [9.17, 15) is 22.4 Å². The van der Waals surface area contributed by atoms with E-state index in [1.807, 2.05) is 30.3 Å². The fourth-order valence-corrected chi connectivity index (χ4v) is 5.41. The van der Waals surface area contributed by atoms with Crippen LogP contribution in [0, 0.1) is 17.1 Å². The molecule has 3 aromatic rings. The molecule has 0 aromatic heterocycles. The first-order valence-electron chi connectivity index (χ1n) is 11.3. The van der Waals surface area contributed by atoms with Crippen LogP contribution >= 0.6 is 11.6 Å². The summed E-state index contributed by atoms with van der Waals surface area (Å²) in [4.78, 5) is 13.6. The molecule has 3 aromatic carbocycles. The lowest BCUT2D eigenvalue weighted by atomic mass is 9.73. The van der Waals surface area contributed by atoms with E-state index < -0.39 is 40.2 Å². The fourth-order valence-electron chi connectivity index (χ4n) is 5.05. The predicted octanol–water partition coefficient (Wildman–Crippen LogP) is 7.24. The Balaban J connectivity index is 1.52. The van der Waals surface area contributed by atoms with Gasteiger partial charge in [-0.1, -0.05) is 48.0 Å². The summed E-state index contributed by atoms with van der Waals surface area (Å²) in [6.07, 6.45) is -4.30. The van der Waals surface area contributed by atoms with Crippen molar-refractivity contribution in [2.45, 2.75) is 37.1 Å². The third kappa shape index (κ3) is 4.28. The molecule has 0 bridgehead atoms. The lowest BCUT2D eigenvalue weighted by molar-refractivity contribution is -0.242. The summed E-state index contributed by atoms with van der Waals surface area (Å²) in [6, 6.07) is 18.0. The minimum absolute atomic E-state index is 0.0283. The highest BCUT2D eigenvalue weighted by molar-refractivity contribution is 6.31. The molecular formula is C28H19ClF4N2O2. The fraction of sp³-hybridized carbons (Fsp3) is 0.214. The highest BCUT2D eigenvalue weighted by atomic mass is 35.5. The molecule has 0 radical (unpaired) electrons. The van der Waals surface area contributed by atoms with Crippen molar-refractivity contribution in [1.29, 1.82) is 5.26 Å². The topological polar surface area (TPSA) is 62.1 Å². The van der Waals surface area contributed by atoms with Gasteiger partial charge in [-0.2, -0.15) is 18.4 Å². The van der Waals surface area contributed by atoms with Crippen LogP contribution in [0.15, 0.2) is 72.3 Å². The summed E-state index contributed by atoms with van der Waals surface area (Å²) in [6.45, 7) is 1.62. The number of carbonyl (C=O) groups is 1. The number of ether oxygens (including phenoxy) is 1. The first-order valence-corrected chi connectivity index (χ1v) is 11.7. The van der Waals surface area contributed by atoms with Crippen molar-refractivity contribution in [3.05, 3.63) is 105 Å². The number of carbonyl (C=O) groups excluding carboxylic acids is 1. The number of allylic oxidation sites excluding steroid dienone is 1. The van der Waals surface area contributed by atoms with Crippen molar-refractivity contribution in [1.82, 2.24) is 0 Å². The molecule has 188 valence electrons. The molecule has 4 nitrogen and oxygen atoms in total. The maximum Gasteiger partial charge on any atom is 0.417 e. The van der Waals surface area contributed by atoms with Crippen LogP contribution < -0.4 is 5.32 Å². The Labute approximate surface area is 215 Å². The Morgan fingerprint density at radius 1 is 1.11 bits per heavy atom. The van der Waals surface area contributed by atoms with Gasteiger partial charge in [0.15, 0.2) is 5.60 Å². The summed E-state index contributed by atoms with van der Waals surface area (Å²) in [5.74, 6) is -1.27. The van der Waals surface area contributed by atoms with Gasteiger partial charge >= 0.3 is 6.18 Å². The molecule has 5 rings (SSSR count). The van der Waals surface area contributed by atoms with Crippen LogP contribution in [-0.4, -0.2) is 11.5 Å². The van der Waals surface area contributed by atoms with Crippen molar-refractivity contribution >= 4 is 28.8 Å². The number of nitrogens with one attached hydrogen (secondary N) is 1. The molecule has 2 unspecified atom stereocenters. The average Bonchev–Trinajstić information content (AvgIpc) is 3.63. The van der Waals surface area contributed by atoms with E-state index >= 15 is 0 Å². The Bertz CT molecular complexity index is 1470. The second-order valence-corrected chi connectivity index (χ2v) is 9.66. The van der Waals surface area contributed by atoms with E-state index in [1.165, 1.54) is 30.3 Å². The second kappa shape index (κ2) is 8.72. The number of hydrogen-bond donors (Lipinski definition) is 1. The van der Waals surface area contributed by atoms with Crippen LogP contribution in [0.4, 0.5) is 23.2 Å². The van der Waals surface area contributed by atoms with Gasteiger partial charge in [0.05, 0.1) is 17.2 Å². The van der Waals surface area contributed by atoms with Crippen molar-refractivity contribution in [3.8, 4) is 6.07 Å². The van der Waals surface area contributed by atoms with E-state index in [1.54, 1.807) is 6.92 Å². The van der Waals surface area contributed by atoms with Gasteiger partial charge < -0.3 is 10.1 Å². The number of nitriles is 1. The molecule has 1 N–H and O–H groups in total. The summed E-state index contributed by atoms with van der Waals surface area (Å²) in [5, 5.41) is 11.7. The lowest BCUT2D eigenvalue weighted by Gasteiger charge is -2.53. The number of nitrogens with zero attached hydrogens (tertiary/aromatic N) is 1. The minimum Gasteiger partial charge on any atom is -0.349 e. The molecule has 1 amide bonds. The van der Waals surface area contributed by atoms with Crippen LogP contribution in [-0.2, 0) is 21.3 Å². The van der Waals surface area contributed by atoms with Crippen LogP contribution in [0.25, 0.3) is 5.57 Å². The normalized spacial score (nSPS) is 22.7. The average molecular weight is 527 g/mol.